The number of pyridine rings is 1. The molecule has 1 aliphatic carbocycles. The van der Waals surface area contributed by atoms with E-state index in [2.05, 4.69) is 18.8 Å². The lowest BCUT2D eigenvalue weighted by molar-refractivity contribution is -0.131. The number of allylic oxidation sites excluding steroid dienone is 1. The Kier molecular flexibility index (Phi) is 2.54. The predicted octanol–water partition coefficient (Wildman–Crippen LogP) is 2.52. The van der Waals surface area contributed by atoms with Crippen LogP contribution in [0.5, 0.6) is 0 Å². The van der Waals surface area contributed by atoms with E-state index >= 15 is 0 Å². The van der Waals surface area contributed by atoms with Gasteiger partial charge < -0.3 is 5.11 Å². The lowest BCUT2D eigenvalue weighted by atomic mass is 9.73. The van der Waals surface area contributed by atoms with Crippen LogP contribution < -0.4 is 0 Å². The first kappa shape index (κ1) is 10.9. The van der Waals surface area contributed by atoms with Crippen molar-refractivity contribution in [1.82, 2.24) is 4.98 Å². The number of hydrogen-bond acceptors (Lipinski definition) is 2. The number of carboxylic acids is 1. The molecule has 0 fully saturated rings. The fraction of sp³-hybridized carbons (Fsp3) is 0.385. The van der Waals surface area contributed by atoms with Crippen molar-refractivity contribution in [2.75, 3.05) is 0 Å². The minimum atomic E-state index is -0.887. The third-order valence-electron chi connectivity index (χ3n) is 2.85. The molecule has 2 rings (SSSR count). The Morgan fingerprint density at radius 1 is 1.50 bits per heavy atom. The quantitative estimate of drug-likeness (QED) is 0.735. The van der Waals surface area contributed by atoms with Crippen LogP contribution in [0.25, 0.3) is 5.57 Å². The molecule has 0 aromatic carbocycles. The molecule has 1 aliphatic rings. The average molecular weight is 217 g/mol. The number of aromatic nitrogens is 1. The molecular weight excluding hydrogens is 202 g/mol. The summed E-state index contributed by atoms with van der Waals surface area (Å²) >= 11 is 0. The van der Waals surface area contributed by atoms with Crippen LogP contribution in [0.4, 0.5) is 0 Å². The van der Waals surface area contributed by atoms with Crippen LogP contribution in [-0.4, -0.2) is 16.1 Å². The number of fused-ring (bicyclic) bond motifs is 1. The molecule has 0 saturated carbocycles. The molecule has 0 radical (unpaired) electrons. The Labute approximate surface area is 94.8 Å². The minimum absolute atomic E-state index is 0.0859. The summed E-state index contributed by atoms with van der Waals surface area (Å²) in [5.74, 6) is -0.887. The van der Waals surface area contributed by atoms with E-state index in [4.69, 9.17) is 5.11 Å². The van der Waals surface area contributed by atoms with Crippen molar-refractivity contribution in [3.8, 4) is 0 Å². The van der Waals surface area contributed by atoms with Crippen LogP contribution in [0.3, 0.4) is 0 Å². The Bertz CT molecular complexity index is 461. The molecule has 0 aliphatic heterocycles. The Hall–Kier alpha value is -1.64. The van der Waals surface area contributed by atoms with Gasteiger partial charge in [-0.2, -0.15) is 0 Å². The van der Waals surface area contributed by atoms with Crippen molar-refractivity contribution in [3.05, 3.63) is 35.7 Å². The van der Waals surface area contributed by atoms with E-state index in [1.54, 1.807) is 6.20 Å². The Morgan fingerprint density at radius 3 is 2.94 bits per heavy atom. The maximum Gasteiger partial charge on any atom is 0.328 e. The summed E-state index contributed by atoms with van der Waals surface area (Å²) in [6.07, 6.45) is 4.76. The van der Waals surface area contributed by atoms with Crippen molar-refractivity contribution in [1.29, 1.82) is 0 Å². The monoisotopic (exact) mass is 217 g/mol. The summed E-state index contributed by atoms with van der Waals surface area (Å²) < 4.78 is 0. The molecule has 0 amide bonds. The molecule has 1 N–H and O–H groups in total. The zero-order chi connectivity index (χ0) is 11.8. The van der Waals surface area contributed by atoms with E-state index in [-0.39, 0.29) is 5.41 Å². The van der Waals surface area contributed by atoms with Gasteiger partial charge in [-0.15, -0.1) is 0 Å². The largest absolute Gasteiger partial charge is 0.478 e. The number of carboxylic acid groups (broad SMARTS) is 1. The first-order valence-electron chi connectivity index (χ1n) is 5.36. The molecule has 3 heteroatoms. The highest BCUT2D eigenvalue weighted by molar-refractivity contribution is 5.90. The van der Waals surface area contributed by atoms with Gasteiger partial charge in [-0.3, -0.25) is 4.98 Å². The number of hydrogen-bond donors (Lipinski definition) is 1. The third kappa shape index (κ3) is 2.13. The van der Waals surface area contributed by atoms with Gasteiger partial charge in [-0.1, -0.05) is 19.9 Å². The maximum absolute atomic E-state index is 10.8. The van der Waals surface area contributed by atoms with Gasteiger partial charge in [0, 0.05) is 18.0 Å². The standard InChI is InChI=1S/C13H15NO2/c1-13(2)7-9(6-12(15)16)10-4-3-5-14-11(10)8-13/h3-6H,7-8H2,1-2H3,(H,15,16)/b9-6+. The molecule has 1 heterocycles. The highest BCUT2D eigenvalue weighted by Crippen LogP contribution is 2.40. The number of carbonyl (C=O) groups is 1. The summed E-state index contributed by atoms with van der Waals surface area (Å²) in [6, 6.07) is 3.80. The molecule has 0 unspecified atom stereocenters. The molecule has 0 saturated heterocycles. The molecule has 3 nitrogen and oxygen atoms in total. The van der Waals surface area contributed by atoms with Gasteiger partial charge in [0.1, 0.15) is 0 Å². The van der Waals surface area contributed by atoms with Gasteiger partial charge in [0.2, 0.25) is 0 Å². The first-order chi connectivity index (χ1) is 7.48. The van der Waals surface area contributed by atoms with E-state index in [9.17, 15) is 4.79 Å². The smallest absolute Gasteiger partial charge is 0.328 e. The van der Waals surface area contributed by atoms with Gasteiger partial charge in [0.05, 0.1) is 0 Å². The van der Waals surface area contributed by atoms with Crippen molar-refractivity contribution < 1.29 is 9.90 Å². The number of aliphatic carboxylic acids is 1. The van der Waals surface area contributed by atoms with Crippen LogP contribution in [0.1, 0.15) is 31.5 Å². The molecule has 84 valence electrons. The molecule has 1 aromatic rings. The van der Waals surface area contributed by atoms with E-state index < -0.39 is 5.97 Å². The number of rotatable bonds is 1. The summed E-state index contributed by atoms with van der Waals surface area (Å²) in [5, 5.41) is 8.86. The lowest BCUT2D eigenvalue weighted by Crippen LogP contribution is -2.22. The molecular formula is C13H15NO2. The topological polar surface area (TPSA) is 50.2 Å². The predicted molar refractivity (Wildman–Crippen MR) is 62.0 cm³/mol. The molecule has 1 aromatic heterocycles. The lowest BCUT2D eigenvalue weighted by Gasteiger charge is -2.32. The highest BCUT2D eigenvalue weighted by atomic mass is 16.4. The fourth-order valence-corrected chi connectivity index (χ4v) is 2.28. The van der Waals surface area contributed by atoms with E-state index in [1.807, 2.05) is 12.1 Å². The Balaban J connectivity index is 2.52. The molecule has 0 spiro atoms. The summed E-state index contributed by atoms with van der Waals surface area (Å²) in [5.41, 5.74) is 2.96. The van der Waals surface area contributed by atoms with Gasteiger partial charge >= 0.3 is 5.97 Å². The molecule has 16 heavy (non-hydrogen) atoms. The summed E-state index contributed by atoms with van der Waals surface area (Å²) in [4.78, 5) is 15.1. The van der Waals surface area contributed by atoms with Gasteiger partial charge in [-0.25, -0.2) is 4.79 Å². The summed E-state index contributed by atoms with van der Waals surface area (Å²) in [6.45, 7) is 4.28. The maximum atomic E-state index is 10.8. The molecule has 0 atom stereocenters. The normalized spacial score (nSPS) is 20.5. The van der Waals surface area contributed by atoms with E-state index in [0.29, 0.717) is 0 Å². The zero-order valence-corrected chi connectivity index (χ0v) is 9.53. The van der Waals surface area contributed by atoms with Gasteiger partial charge in [-0.05, 0) is 35.5 Å². The third-order valence-corrected chi connectivity index (χ3v) is 2.85. The van der Waals surface area contributed by atoms with Crippen molar-refractivity contribution >= 4 is 11.5 Å². The Morgan fingerprint density at radius 2 is 2.25 bits per heavy atom. The van der Waals surface area contributed by atoms with Crippen LogP contribution in [0, 0.1) is 5.41 Å². The highest BCUT2D eigenvalue weighted by Gasteiger charge is 2.29. The number of nitrogens with zero attached hydrogens (tertiary/aromatic N) is 1. The molecule has 0 bridgehead atoms. The van der Waals surface area contributed by atoms with Crippen LogP contribution in [0.2, 0.25) is 0 Å². The van der Waals surface area contributed by atoms with Gasteiger partial charge in [0.25, 0.3) is 0 Å². The van der Waals surface area contributed by atoms with Gasteiger partial charge in [0.15, 0.2) is 0 Å². The van der Waals surface area contributed by atoms with Crippen LogP contribution in [-0.2, 0) is 11.2 Å². The van der Waals surface area contributed by atoms with Crippen molar-refractivity contribution in [3.63, 3.8) is 0 Å². The average Bonchev–Trinajstić information content (AvgIpc) is 2.14. The summed E-state index contributed by atoms with van der Waals surface area (Å²) in [7, 11) is 0. The van der Waals surface area contributed by atoms with Crippen LogP contribution >= 0.6 is 0 Å². The second-order valence-electron chi connectivity index (χ2n) is 5.02. The van der Waals surface area contributed by atoms with E-state index in [0.717, 1.165) is 29.7 Å². The first-order valence-corrected chi connectivity index (χ1v) is 5.36. The SMILES string of the molecule is CC1(C)C/C(=C\C(=O)O)c2cccnc2C1. The second-order valence-corrected chi connectivity index (χ2v) is 5.02. The fourth-order valence-electron chi connectivity index (χ4n) is 2.28. The minimum Gasteiger partial charge on any atom is -0.478 e. The van der Waals surface area contributed by atoms with Crippen molar-refractivity contribution in [2.45, 2.75) is 26.7 Å². The van der Waals surface area contributed by atoms with E-state index in [1.165, 1.54) is 6.08 Å². The van der Waals surface area contributed by atoms with Crippen LogP contribution in [0.15, 0.2) is 24.4 Å². The van der Waals surface area contributed by atoms with Crippen molar-refractivity contribution in [2.24, 2.45) is 5.41 Å². The second kappa shape index (κ2) is 3.74. The zero-order valence-electron chi connectivity index (χ0n) is 9.53.